The average Bonchev–Trinajstić information content (AvgIpc) is 3.12. The topological polar surface area (TPSA) is 92.5 Å². The molecule has 1 saturated heterocycles. The van der Waals surface area contributed by atoms with E-state index >= 15 is 0 Å². The molecule has 0 spiro atoms. The van der Waals surface area contributed by atoms with Crippen LogP contribution in [0.5, 0.6) is 0 Å². The minimum Gasteiger partial charge on any atom is -0.334 e. The Labute approximate surface area is 158 Å². The van der Waals surface area contributed by atoms with Gasteiger partial charge in [0.25, 0.3) is 15.9 Å². The van der Waals surface area contributed by atoms with Gasteiger partial charge in [0.05, 0.1) is 15.6 Å². The molecule has 0 aromatic heterocycles. The van der Waals surface area contributed by atoms with Crippen molar-refractivity contribution in [3.63, 3.8) is 0 Å². The van der Waals surface area contributed by atoms with Gasteiger partial charge in [-0.2, -0.15) is 0 Å². The number of rotatable bonds is 5. The van der Waals surface area contributed by atoms with Gasteiger partial charge in [-0.1, -0.05) is 23.7 Å². The van der Waals surface area contributed by atoms with Crippen LogP contribution < -0.4 is 10.5 Å². The Bertz CT molecular complexity index is 900. The second-order valence-electron chi connectivity index (χ2n) is 6.14. The van der Waals surface area contributed by atoms with Crippen molar-refractivity contribution >= 4 is 33.2 Å². The highest BCUT2D eigenvalue weighted by Crippen LogP contribution is 2.25. The summed E-state index contributed by atoms with van der Waals surface area (Å²) >= 11 is 6.00. The highest BCUT2D eigenvalue weighted by atomic mass is 35.5. The van der Waals surface area contributed by atoms with Crippen LogP contribution in [0.4, 0.5) is 5.69 Å². The third-order valence-corrected chi connectivity index (χ3v) is 6.15. The maximum absolute atomic E-state index is 12.6. The SMILES string of the molecule is NCC1CCCN1C(=O)c1ccc(S(=O)(=O)Nc2ccccc2Cl)cc1. The Balaban J connectivity index is 1.78. The molecule has 3 N–H and O–H groups in total. The molecule has 0 radical (unpaired) electrons. The molecular formula is C18H20ClN3O3S. The van der Waals surface area contributed by atoms with Crippen molar-refractivity contribution in [2.75, 3.05) is 17.8 Å². The molecule has 1 fully saturated rings. The number of halogens is 1. The summed E-state index contributed by atoms with van der Waals surface area (Å²) in [6.45, 7) is 1.11. The zero-order valence-electron chi connectivity index (χ0n) is 14.1. The Hall–Kier alpha value is -2.09. The van der Waals surface area contributed by atoms with Crippen molar-refractivity contribution < 1.29 is 13.2 Å². The highest BCUT2D eigenvalue weighted by Gasteiger charge is 2.28. The molecule has 0 bridgehead atoms. The fraction of sp³-hybridized carbons (Fsp3) is 0.278. The first-order valence-electron chi connectivity index (χ1n) is 8.31. The van der Waals surface area contributed by atoms with Crippen molar-refractivity contribution in [3.05, 3.63) is 59.1 Å². The van der Waals surface area contributed by atoms with Crippen LogP contribution in [0.15, 0.2) is 53.4 Å². The predicted molar refractivity (Wildman–Crippen MR) is 102 cm³/mol. The van der Waals surface area contributed by atoms with Gasteiger partial charge in [-0.25, -0.2) is 8.42 Å². The first-order valence-corrected chi connectivity index (χ1v) is 10.2. The number of anilines is 1. The number of likely N-dealkylation sites (tertiary alicyclic amines) is 1. The highest BCUT2D eigenvalue weighted by molar-refractivity contribution is 7.92. The summed E-state index contributed by atoms with van der Waals surface area (Å²) in [6, 6.07) is 12.5. The van der Waals surface area contributed by atoms with Gasteiger partial charge in [-0.05, 0) is 49.2 Å². The van der Waals surface area contributed by atoms with Gasteiger partial charge in [0.15, 0.2) is 0 Å². The lowest BCUT2D eigenvalue weighted by Gasteiger charge is -2.23. The molecule has 1 aliphatic rings. The lowest BCUT2D eigenvalue weighted by molar-refractivity contribution is 0.0741. The van der Waals surface area contributed by atoms with Crippen LogP contribution >= 0.6 is 11.6 Å². The summed E-state index contributed by atoms with van der Waals surface area (Å²) < 4.78 is 27.5. The molecular weight excluding hydrogens is 374 g/mol. The predicted octanol–water partition coefficient (Wildman–Crippen LogP) is 2.70. The number of nitrogens with two attached hydrogens (primary N) is 1. The van der Waals surface area contributed by atoms with Gasteiger partial charge < -0.3 is 10.6 Å². The zero-order chi connectivity index (χ0) is 18.7. The summed E-state index contributed by atoms with van der Waals surface area (Å²) in [4.78, 5) is 14.4. The Morgan fingerprint density at radius 3 is 2.54 bits per heavy atom. The Morgan fingerprint density at radius 2 is 1.88 bits per heavy atom. The van der Waals surface area contributed by atoms with Crippen molar-refractivity contribution in [1.29, 1.82) is 0 Å². The summed E-state index contributed by atoms with van der Waals surface area (Å²) in [6.07, 6.45) is 1.83. The molecule has 2 aromatic rings. The van der Waals surface area contributed by atoms with Crippen LogP contribution in [0.2, 0.25) is 5.02 Å². The largest absolute Gasteiger partial charge is 0.334 e. The molecule has 0 saturated carbocycles. The van der Waals surface area contributed by atoms with Crippen LogP contribution in [-0.4, -0.2) is 38.4 Å². The van der Waals surface area contributed by atoms with Crippen LogP contribution in [0, 0.1) is 0 Å². The van der Waals surface area contributed by atoms with Crippen LogP contribution in [0.1, 0.15) is 23.2 Å². The van der Waals surface area contributed by atoms with Crippen molar-refractivity contribution in [2.45, 2.75) is 23.8 Å². The number of hydrogen-bond acceptors (Lipinski definition) is 4. The van der Waals surface area contributed by atoms with Crippen LogP contribution in [0.25, 0.3) is 0 Å². The second kappa shape index (κ2) is 7.65. The second-order valence-corrected chi connectivity index (χ2v) is 8.23. The van der Waals surface area contributed by atoms with E-state index in [1.165, 1.54) is 24.3 Å². The standard InChI is InChI=1S/C18H20ClN3O3S/c19-16-5-1-2-6-17(16)21-26(24,25)15-9-7-13(8-10-15)18(23)22-11-3-4-14(22)12-20/h1-2,5-10,14,21H,3-4,11-12,20H2. The smallest absolute Gasteiger partial charge is 0.261 e. The number of amides is 1. The lowest BCUT2D eigenvalue weighted by atomic mass is 10.1. The normalized spacial score (nSPS) is 17.3. The minimum absolute atomic E-state index is 0.0489. The zero-order valence-corrected chi connectivity index (χ0v) is 15.6. The van der Waals surface area contributed by atoms with Crippen molar-refractivity contribution in [3.8, 4) is 0 Å². The fourth-order valence-electron chi connectivity index (χ4n) is 3.04. The van der Waals surface area contributed by atoms with Gasteiger partial charge in [-0.3, -0.25) is 9.52 Å². The lowest BCUT2D eigenvalue weighted by Crippen LogP contribution is -2.39. The number of hydrogen-bond donors (Lipinski definition) is 2. The van der Waals surface area contributed by atoms with E-state index < -0.39 is 10.0 Å². The average molecular weight is 394 g/mol. The molecule has 1 atom stereocenters. The number of carbonyl (C=O) groups is 1. The van der Waals surface area contributed by atoms with Crippen LogP contribution in [-0.2, 0) is 10.0 Å². The number of sulfonamides is 1. The van der Waals surface area contributed by atoms with Gasteiger partial charge in [0.1, 0.15) is 0 Å². The summed E-state index contributed by atoms with van der Waals surface area (Å²) in [5.74, 6) is -0.124. The van der Waals surface area contributed by atoms with Crippen molar-refractivity contribution in [1.82, 2.24) is 4.90 Å². The van der Waals surface area contributed by atoms with Gasteiger partial charge in [0.2, 0.25) is 0 Å². The molecule has 1 amide bonds. The molecule has 26 heavy (non-hydrogen) atoms. The van der Waals surface area contributed by atoms with E-state index in [2.05, 4.69) is 4.72 Å². The van der Waals surface area contributed by atoms with E-state index in [1.54, 1.807) is 29.2 Å². The number of benzene rings is 2. The number of nitrogens with zero attached hydrogens (tertiary/aromatic N) is 1. The fourth-order valence-corrected chi connectivity index (χ4v) is 4.36. The van der Waals surface area contributed by atoms with Crippen LogP contribution in [0.3, 0.4) is 0 Å². The maximum Gasteiger partial charge on any atom is 0.261 e. The maximum atomic E-state index is 12.6. The Morgan fingerprint density at radius 1 is 1.19 bits per heavy atom. The molecule has 0 aliphatic carbocycles. The van der Waals surface area contributed by atoms with E-state index in [1.807, 2.05) is 0 Å². The van der Waals surface area contributed by atoms with E-state index in [0.717, 1.165) is 12.8 Å². The summed E-state index contributed by atoms with van der Waals surface area (Å²) in [5.41, 5.74) is 6.46. The molecule has 3 rings (SSSR count). The molecule has 1 unspecified atom stereocenters. The molecule has 1 heterocycles. The molecule has 6 nitrogen and oxygen atoms in total. The first kappa shape index (κ1) is 18.7. The van der Waals surface area contributed by atoms with Crippen molar-refractivity contribution in [2.24, 2.45) is 5.73 Å². The van der Waals surface area contributed by atoms with E-state index in [4.69, 9.17) is 17.3 Å². The van der Waals surface area contributed by atoms with Gasteiger partial charge in [0, 0.05) is 24.7 Å². The van der Waals surface area contributed by atoms with E-state index in [-0.39, 0.29) is 16.8 Å². The third-order valence-electron chi connectivity index (χ3n) is 4.44. The molecule has 8 heteroatoms. The van der Waals surface area contributed by atoms with Gasteiger partial charge in [-0.15, -0.1) is 0 Å². The number of carbonyl (C=O) groups excluding carboxylic acids is 1. The third kappa shape index (κ3) is 3.85. The van der Waals surface area contributed by atoms with E-state index in [0.29, 0.717) is 29.4 Å². The number of para-hydroxylation sites is 1. The summed E-state index contributed by atoms with van der Waals surface area (Å²) in [5, 5.41) is 0.310. The Kier molecular flexibility index (Phi) is 5.50. The van der Waals surface area contributed by atoms with Gasteiger partial charge >= 0.3 is 0 Å². The monoisotopic (exact) mass is 393 g/mol. The molecule has 1 aliphatic heterocycles. The molecule has 138 valence electrons. The quantitative estimate of drug-likeness (QED) is 0.816. The number of nitrogens with one attached hydrogen (secondary N) is 1. The minimum atomic E-state index is -3.79. The summed E-state index contributed by atoms with van der Waals surface area (Å²) in [7, 11) is -3.79. The van der Waals surface area contributed by atoms with E-state index in [9.17, 15) is 13.2 Å². The molecule has 2 aromatic carbocycles. The first-order chi connectivity index (χ1) is 12.4.